The van der Waals surface area contributed by atoms with Crippen LogP contribution in [0.1, 0.15) is 69.2 Å². The summed E-state index contributed by atoms with van der Waals surface area (Å²) in [6, 6.07) is 6.89. The van der Waals surface area contributed by atoms with E-state index in [0.717, 1.165) is 12.8 Å². The molecule has 8 heteroatoms. The molecular weight excluding hydrogens is 436 g/mol. The number of esters is 1. The van der Waals surface area contributed by atoms with Crippen LogP contribution in [0.15, 0.2) is 24.3 Å². The van der Waals surface area contributed by atoms with Crippen molar-refractivity contribution < 1.29 is 28.6 Å². The van der Waals surface area contributed by atoms with E-state index in [9.17, 15) is 14.4 Å². The monoisotopic (exact) mass is 470 g/mol. The summed E-state index contributed by atoms with van der Waals surface area (Å²) in [4.78, 5) is 41.1. The predicted molar refractivity (Wildman–Crippen MR) is 128 cm³/mol. The van der Waals surface area contributed by atoms with Gasteiger partial charge >= 0.3 is 5.97 Å². The van der Waals surface area contributed by atoms with Crippen molar-refractivity contribution in [2.24, 2.45) is 0 Å². The number of rotatable bonds is 10. The summed E-state index contributed by atoms with van der Waals surface area (Å²) in [5.74, 6) is -0.367. The lowest BCUT2D eigenvalue weighted by Crippen LogP contribution is -2.41. The molecule has 0 spiro atoms. The standard InChI is InChI=1S/C26H34N2O6/c1-6-28-18(4)23(17(3)24(28)26(31)33-7-2)22(29)16-27(15-21-12-9-13-34-21)25(30)19-10-8-11-20(14-19)32-5/h8,10-11,14,21H,6-7,9,12-13,15-16H2,1-5H3. The normalized spacial score (nSPS) is 15.3. The average Bonchev–Trinajstić information content (AvgIpc) is 3.43. The lowest BCUT2D eigenvalue weighted by Gasteiger charge is -2.25. The van der Waals surface area contributed by atoms with Crippen molar-refractivity contribution in [3.05, 3.63) is 52.3 Å². The molecule has 1 fully saturated rings. The molecule has 34 heavy (non-hydrogen) atoms. The second-order valence-electron chi connectivity index (χ2n) is 8.37. The van der Waals surface area contributed by atoms with Crippen LogP contribution in [0.2, 0.25) is 0 Å². The van der Waals surface area contributed by atoms with Crippen molar-refractivity contribution in [2.45, 2.75) is 53.2 Å². The number of benzene rings is 1. The van der Waals surface area contributed by atoms with Gasteiger partial charge in [0.05, 0.1) is 26.4 Å². The van der Waals surface area contributed by atoms with Gasteiger partial charge in [0, 0.05) is 36.5 Å². The molecule has 1 amide bonds. The van der Waals surface area contributed by atoms with Gasteiger partial charge in [-0.25, -0.2) is 4.79 Å². The zero-order valence-corrected chi connectivity index (χ0v) is 20.7. The molecular formula is C26H34N2O6. The molecule has 1 aliphatic heterocycles. The van der Waals surface area contributed by atoms with Crippen molar-refractivity contribution in [1.82, 2.24) is 9.47 Å². The molecule has 0 aliphatic carbocycles. The largest absolute Gasteiger partial charge is 0.497 e. The Morgan fingerprint density at radius 1 is 1.21 bits per heavy atom. The van der Waals surface area contributed by atoms with E-state index in [-0.39, 0.29) is 30.9 Å². The van der Waals surface area contributed by atoms with Crippen molar-refractivity contribution in [1.29, 1.82) is 0 Å². The first-order chi connectivity index (χ1) is 16.3. The quantitative estimate of drug-likeness (QED) is 0.388. The molecule has 2 heterocycles. The molecule has 0 saturated carbocycles. The maximum Gasteiger partial charge on any atom is 0.355 e. The van der Waals surface area contributed by atoms with Gasteiger partial charge in [-0.2, -0.15) is 0 Å². The highest BCUT2D eigenvalue weighted by Crippen LogP contribution is 2.25. The maximum atomic E-state index is 13.6. The Balaban J connectivity index is 1.93. The number of aromatic nitrogens is 1. The minimum Gasteiger partial charge on any atom is -0.497 e. The summed E-state index contributed by atoms with van der Waals surface area (Å²) < 4.78 is 18.0. The maximum absolute atomic E-state index is 13.6. The summed E-state index contributed by atoms with van der Waals surface area (Å²) in [7, 11) is 1.54. The van der Waals surface area contributed by atoms with E-state index in [2.05, 4.69) is 0 Å². The van der Waals surface area contributed by atoms with Crippen LogP contribution in [0.4, 0.5) is 0 Å². The number of amides is 1. The smallest absolute Gasteiger partial charge is 0.355 e. The highest BCUT2D eigenvalue weighted by atomic mass is 16.5. The Kier molecular flexibility index (Phi) is 8.50. The Morgan fingerprint density at radius 2 is 1.97 bits per heavy atom. The zero-order valence-electron chi connectivity index (χ0n) is 20.7. The van der Waals surface area contributed by atoms with Gasteiger partial charge in [-0.3, -0.25) is 9.59 Å². The molecule has 1 aliphatic rings. The Bertz CT molecular complexity index is 1050. The first-order valence-corrected chi connectivity index (χ1v) is 11.8. The minimum absolute atomic E-state index is 0.111. The van der Waals surface area contributed by atoms with Crippen LogP contribution in [0.25, 0.3) is 0 Å². The van der Waals surface area contributed by atoms with Gasteiger partial charge in [-0.05, 0) is 64.3 Å². The summed E-state index contributed by atoms with van der Waals surface area (Å²) in [6.07, 6.45) is 1.66. The topological polar surface area (TPSA) is 87.1 Å². The summed E-state index contributed by atoms with van der Waals surface area (Å²) in [6.45, 7) is 8.87. The zero-order chi connectivity index (χ0) is 24.8. The molecule has 3 rings (SSSR count). The van der Waals surface area contributed by atoms with Gasteiger partial charge in [0.1, 0.15) is 11.4 Å². The number of hydrogen-bond acceptors (Lipinski definition) is 6. The van der Waals surface area contributed by atoms with E-state index in [1.165, 1.54) is 0 Å². The first-order valence-electron chi connectivity index (χ1n) is 11.8. The number of Topliss-reactive ketones (excluding diaryl/α,β-unsaturated/α-hetero) is 1. The lowest BCUT2D eigenvalue weighted by atomic mass is 10.0. The Hall–Kier alpha value is -3.13. The fraction of sp³-hybridized carbons (Fsp3) is 0.500. The van der Waals surface area contributed by atoms with Gasteiger partial charge in [-0.1, -0.05) is 6.07 Å². The number of hydrogen-bond donors (Lipinski definition) is 0. The van der Waals surface area contributed by atoms with Crippen LogP contribution in [0, 0.1) is 13.8 Å². The van der Waals surface area contributed by atoms with Crippen LogP contribution in [-0.2, 0) is 16.0 Å². The number of carbonyl (C=O) groups is 3. The lowest BCUT2D eigenvalue weighted by molar-refractivity contribution is 0.0505. The van der Waals surface area contributed by atoms with Gasteiger partial charge in [0.2, 0.25) is 0 Å². The number of methoxy groups -OCH3 is 1. The average molecular weight is 471 g/mol. The molecule has 1 atom stereocenters. The molecule has 2 aromatic rings. The van der Waals surface area contributed by atoms with Crippen molar-refractivity contribution >= 4 is 17.7 Å². The third-order valence-corrected chi connectivity index (χ3v) is 6.22. The van der Waals surface area contributed by atoms with E-state index >= 15 is 0 Å². The Morgan fingerprint density at radius 3 is 2.59 bits per heavy atom. The van der Waals surface area contributed by atoms with Crippen molar-refractivity contribution in [2.75, 3.05) is 33.4 Å². The first kappa shape index (κ1) is 25.5. The molecule has 184 valence electrons. The van der Waals surface area contributed by atoms with Gasteiger partial charge in [0.25, 0.3) is 5.91 Å². The molecule has 8 nitrogen and oxygen atoms in total. The molecule has 1 saturated heterocycles. The van der Waals surface area contributed by atoms with E-state index in [1.807, 2.05) is 13.8 Å². The SMILES string of the molecule is CCOC(=O)c1c(C)c(C(=O)CN(CC2CCCO2)C(=O)c2cccc(OC)c2)c(C)n1CC. The fourth-order valence-electron chi connectivity index (χ4n) is 4.61. The molecule has 0 radical (unpaired) electrons. The predicted octanol–water partition coefficient (Wildman–Crippen LogP) is 3.81. The van der Waals surface area contributed by atoms with E-state index < -0.39 is 5.97 Å². The van der Waals surface area contributed by atoms with Gasteiger partial charge < -0.3 is 23.7 Å². The molecule has 1 unspecified atom stereocenters. The molecule has 1 aromatic carbocycles. The van der Waals surface area contributed by atoms with Crippen molar-refractivity contribution in [3.63, 3.8) is 0 Å². The highest BCUT2D eigenvalue weighted by Gasteiger charge is 2.30. The number of ether oxygens (including phenoxy) is 3. The van der Waals surface area contributed by atoms with Crippen LogP contribution in [-0.4, -0.2) is 66.6 Å². The van der Waals surface area contributed by atoms with Gasteiger partial charge in [0.15, 0.2) is 5.78 Å². The van der Waals surface area contributed by atoms with Gasteiger partial charge in [-0.15, -0.1) is 0 Å². The number of ketones is 1. The summed E-state index contributed by atoms with van der Waals surface area (Å²) in [5, 5.41) is 0. The van der Waals surface area contributed by atoms with Crippen molar-refractivity contribution in [3.8, 4) is 5.75 Å². The summed E-state index contributed by atoms with van der Waals surface area (Å²) in [5.41, 5.74) is 2.56. The second kappa shape index (κ2) is 11.3. The molecule has 0 N–H and O–H groups in total. The van der Waals surface area contributed by atoms with E-state index in [1.54, 1.807) is 54.7 Å². The minimum atomic E-state index is -0.451. The fourth-order valence-corrected chi connectivity index (χ4v) is 4.61. The van der Waals surface area contributed by atoms with Crippen LogP contribution in [0.3, 0.4) is 0 Å². The van der Waals surface area contributed by atoms with E-state index in [4.69, 9.17) is 14.2 Å². The molecule has 1 aromatic heterocycles. The third-order valence-electron chi connectivity index (χ3n) is 6.22. The summed E-state index contributed by atoms with van der Waals surface area (Å²) >= 11 is 0. The van der Waals surface area contributed by atoms with Crippen LogP contribution in [0.5, 0.6) is 5.75 Å². The van der Waals surface area contributed by atoms with Crippen LogP contribution < -0.4 is 4.74 Å². The number of carbonyl (C=O) groups excluding carboxylic acids is 3. The van der Waals surface area contributed by atoms with E-state index in [0.29, 0.717) is 53.5 Å². The van der Waals surface area contributed by atoms with Crippen LogP contribution >= 0.6 is 0 Å². The highest BCUT2D eigenvalue weighted by molar-refractivity contribution is 6.06. The second-order valence-corrected chi connectivity index (χ2v) is 8.37. The number of nitrogens with zero attached hydrogens (tertiary/aromatic N) is 2. The molecule has 0 bridgehead atoms. The Labute approximate surface area is 200 Å². The third kappa shape index (κ3) is 5.33.